The fraction of sp³-hybridized carbons (Fsp3) is 0.833. The molecule has 5 heteroatoms. The highest BCUT2D eigenvalue weighted by Gasteiger charge is 2.29. The van der Waals surface area contributed by atoms with E-state index in [0.29, 0.717) is 6.54 Å². The highest BCUT2D eigenvalue weighted by atomic mass is 16.4. The lowest BCUT2D eigenvalue weighted by molar-refractivity contribution is -0.146. The number of carboxylic acids is 1. The largest absolute Gasteiger partial charge is 0.480 e. The van der Waals surface area contributed by atoms with E-state index in [-0.39, 0.29) is 18.4 Å². The lowest BCUT2D eigenvalue weighted by Crippen LogP contribution is -2.49. The summed E-state index contributed by atoms with van der Waals surface area (Å²) in [5.41, 5.74) is 0. The van der Waals surface area contributed by atoms with Gasteiger partial charge in [0.2, 0.25) is 5.91 Å². The van der Waals surface area contributed by atoms with Gasteiger partial charge in [0.15, 0.2) is 0 Å². The van der Waals surface area contributed by atoms with Gasteiger partial charge in [-0.15, -0.1) is 0 Å². The third-order valence-electron chi connectivity index (χ3n) is 2.63. The lowest BCUT2D eigenvalue weighted by Gasteiger charge is -2.31. The predicted molar refractivity (Wildman–Crippen MR) is 66.8 cm³/mol. The number of aliphatic carboxylic acids is 1. The van der Waals surface area contributed by atoms with Crippen molar-refractivity contribution >= 4 is 11.9 Å². The number of carboxylic acid groups (broad SMARTS) is 1. The van der Waals surface area contributed by atoms with Gasteiger partial charge in [-0.05, 0) is 18.9 Å². The van der Waals surface area contributed by atoms with E-state index in [9.17, 15) is 14.7 Å². The fourth-order valence-corrected chi connectivity index (χ4v) is 1.78. The molecule has 0 bridgehead atoms. The third-order valence-corrected chi connectivity index (χ3v) is 2.63. The number of likely N-dealkylation sites (N-methyl/N-ethyl adjacent to an activating group) is 1. The van der Waals surface area contributed by atoms with Crippen molar-refractivity contribution in [2.45, 2.75) is 33.2 Å². The second kappa shape index (κ2) is 7.27. The van der Waals surface area contributed by atoms with E-state index >= 15 is 0 Å². The van der Waals surface area contributed by atoms with Gasteiger partial charge in [0, 0.05) is 14.1 Å². The smallest absolute Gasteiger partial charge is 0.321 e. The average Bonchev–Trinajstić information content (AvgIpc) is 2.16. The predicted octanol–water partition coefficient (Wildman–Crippen LogP) is 0.896. The molecular weight excluding hydrogens is 220 g/mol. The van der Waals surface area contributed by atoms with E-state index in [1.807, 2.05) is 20.8 Å². The summed E-state index contributed by atoms with van der Waals surface area (Å²) in [4.78, 5) is 26.1. The zero-order valence-electron chi connectivity index (χ0n) is 11.4. The Morgan fingerprint density at radius 2 is 1.76 bits per heavy atom. The van der Waals surface area contributed by atoms with Crippen molar-refractivity contribution in [3.05, 3.63) is 0 Å². The molecule has 0 radical (unpaired) electrons. The molecule has 0 spiro atoms. The molecule has 0 aromatic carbocycles. The molecule has 0 aliphatic heterocycles. The SMILES string of the molecule is CCCN(CC(=O)N(C)C)C(C(=O)O)C(C)C. The summed E-state index contributed by atoms with van der Waals surface area (Å²) < 4.78 is 0. The molecule has 1 atom stereocenters. The molecule has 0 saturated carbocycles. The molecule has 0 aliphatic rings. The van der Waals surface area contributed by atoms with Crippen LogP contribution in [0.5, 0.6) is 0 Å². The molecule has 17 heavy (non-hydrogen) atoms. The fourth-order valence-electron chi connectivity index (χ4n) is 1.78. The minimum absolute atomic E-state index is 0.0194. The summed E-state index contributed by atoms with van der Waals surface area (Å²) in [6.07, 6.45) is 0.831. The second-order valence-electron chi connectivity index (χ2n) is 4.79. The van der Waals surface area contributed by atoms with Crippen LogP contribution in [0.4, 0.5) is 0 Å². The van der Waals surface area contributed by atoms with Crippen molar-refractivity contribution < 1.29 is 14.7 Å². The first kappa shape index (κ1) is 15.9. The highest BCUT2D eigenvalue weighted by molar-refractivity contribution is 5.79. The minimum Gasteiger partial charge on any atom is -0.480 e. The van der Waals surface area contributed by atoms with E-state index in [0.717, 1.165) is 6.42 Å². The highest BCUT2D eigenvalue weighted by Crippen LogP contribution is 2.12. The van der Waals surface area contributed by atoms with Gasteiger partial charge in [0.1, 0.15) is 6.04 Å². The number of hydrogen-bond donors (Lipinski definition) is 1. The topological polar surface area (TPSA) is 60.9 Å². The van der Waals surface area contributed by atoms with Crippen molar-refractivity contribution in [1.29, 1.82) is 0 Å². The van der Waals surface area contributed by atoms with E-state index < -0.39 is 12.0 Å². The van der Waals surface area contributed by atoms with Gasteiger partial charge in [0.05, 0.1) is 6.54 Å². The van der Waals surface area contributed by atoms with Crippen LogP contribution >= 0.6 is 0 Å². The number of carbonyl (C=O) groups is 2. The molecule has 1 N–H and O–H groups in total. The molecule has 100 valence electrons. The number of carbonyl (C=O) groups excluding carboxylic acids is 1. The number of nitrogens with zero attached hydrogens (tertiary/aromatic N) is 2. The maximum Gasteiger partial charge on any atom is 0.321 e. The van der Waals surface area contributed by atoms with Crippen LogP contribution in [0, 0.1) is 5.92 Å². The van der Waals surface area contributed by atoms with Crippen molar-refractivity contribution in [2.24, 2.45) is 5.92 Å². The van der Waals surface area contributed by atoms with Gasteiger partial charge in [-0.2, -0.15) is 0 Å². The van der Waals surface area contributed by atoms with Gasteiger partial charge < -0.3 is 10.0 Å². The van der Waals surface area contributed by atoms with Gasteiger partial charge in [-0.25, -0.2) is 0 Å². The maximum absolute atomic E-state index is 11.7. The summed E-state index contributed by atoms with van der Waals surface area (Å²) in [5.74, 6) is -0.945. The van der Waals surface area contributed by atoms with Crippen LogP contribution < -0.4 is 0 Å². The second-order valence-corrected chi connectivity index (χ2v) is 4.79. The zero-order valence-corrected chi connectivity index (χ0v) is 11.4. The molecule has 1 amide bonds. The van der Waals surface area contributed by atoms with Crippen LogP contribution in [-0.4, -0.2) is 60.0 Å². The number of amides is 1. The zero-order chi connectivity index (χ0) is 13.6. The molecule has 5 nitrogen and oxygen atoms in total. The molecule has 0 saturated heterocycles. The maximum atomic E-state index is 11.7. The first-order valence-corrected chi connectivity index (χ1v) is 5.98. The van der Waals surface area contributed by atoms with Crippen molar-refractivity contribution in [3.8, 4) is 0 Å². The molecule has 0 heterocycles. The van der Waals surface area contributed by atoms with Gasteiger partial charge in [-0.3, -0.25) is 14.5 Å². The standard InChI is InChI=1S/C12H24N2O3/c1-6-7-14(8-10(15)13(4)5)11(9(2)3)12(16)17/h9,11H,6-8H2,1-5H3,(H,16,17). The lowest BCUT2D eigenvalue weighted by atomic mass is 10.0. The van der Waals surface area contributed by atoms with Gasteiger partial charge in [-0.1, -0.05) is 20.8 Å². The minimum atomic E-state index is -0.861. The van der Waals surface area contributed by atoms with Crippen molar-refractivity contribution in [2.75, 3.05) is 27.2 Å². The van der Waals surface area contributed by atoms with Crippen LogP contribution in [0.15, 0.2) is 0 Å². The molecule has 0 fully saturated rings. The Balaban J connectivity index is 4.80. The summed E-state index contributed by atoms with van der Waals surface area (Å²) in [7, 11) is 3.36. The van der Waals surface area contributed by atoms with Gasteiger partial charge >= 0.3 is 5.97 Å². The number of rotatable bonds is 7. The summed E-state index contributed by atoms with van der Waals surface area (Å²) in [6.45, 7) is 6.49. The monoisotopic (exact) mass is 244 g/mol. The van der Waals surface area contributed by atoms with Crippen LogP contribution in [0.1, 0.15) is 27.2 Å². The first-order chi connectivity index (χ1) is 7.81. The Labute approximate surface area is 103 Å². The Morgan fingerprint density at radius 3 is 2.06 bits per heavy atom. The van der Waals surface area contributed by atoms with Crippen molar-refractivity contribution in [1.82, 2.24) is 9.80 Å². The first-order valence-electron chi connectivity index (χ1n) is 5.98. The van der Waals surface area contributed by atoms with Crippen LogP contribution in [0.25, 0.3) is 0 Å². The van der Waals surface area contributed by atoms with E-state index in [1.54, 1.807) is 19.0 Å². The molecule has 0 aliphatic carbocycles. The van der Waals surface area contributed by atoms with Gasteiger partial charge in [0.25, 0.3) is 0 Å². The Bertz CT molecular complexity index is 264. The van der Waals surface area contributed by atoms with Crippen LogP contribution in [-0.2, 0) is 9.59 Å². The van der Waals surface area contributed by atoms with Crippen LogP contribution in [0.2, 0.25) is 0 Å². The van der Waals surface area contributed by atoms with E-state index in [4.69, 9.17) is 0 Å². The molecular formula is C12H24N2O3. The summed E-state index contributed by atoms with van der Waals surface area (Å²) in [5, 5.41) is 9.23. The van der Waals surface area contributed by atoms with Crippen molar-refractivity contribution in [3.63, 3.8) is 0 Å². The Hall–Kier alpha value is -1.10. The summed E-state index contributed by atoms with van der Waals surface area (Å²) >= 11 is 0. The quantitative estimate of drug-likeness (QED) is 0.722. The molecule has 0 aromatic heterocycles. The normalized spacial score (nSPS) is 12.9. The molecule has 0 aromatic rings. The van der Waals surface area contributed by atoms with Crippen LogP contribution in [0.3, 0.4) is 0 Å². The number of hydrogen-bond acceptors (Lipinski definition) is 3. The van der Waals surface area contributed by atoms with E-state index in [1.165, 1.54) is 4.90 Å². The molecule has 1 unspecified atom stereocenters. The van der Waals surface area contributed by atoms with E-state index in [2.05, 4.69) is 0 Å². The third kappa shape index (κ3) is 5.17. The average molecular weight is 244 g/mol. The Morgan fingerprint density at radius 1 is 1.24 bits per heavy atom. The molecule has 0 rings (SSSR count). The Kier molecular flexibility index (Phi) is 6.80. The summed E-state index contributed by atoms with van der Waals surface area (Å²) in [6, 6.07) is -0.598.